The fourth-order valence-electron chi connectivity index (χ4n) is 4.04. The zero-order chi connectivity index (χ0) is 20.5. The third-order valence-corrected chi connectivity index (χ3v) is 7.45. The van der Waals surface area contributed by atoms with Gasteiger partial charge in [-0.25, -0.2) is 0 Å². The second-order valence-corrected chi connectivity index (χ2v) is 9.96. The molecule has 1 aliphatic heterocycles. The van der Waals surface area contributed by atoms with Crippen molar-refractivity contribution in [3.8, 4) is 0 Å². The summed E-state index contributed by atoms with van der Waals surface area (Å²) in [6.07, 6.45) is 2.06. The molecule has 0 aliphatic carbocycles. The van der Waals surface area contributed by atoms with Crippen LogP contribution in [0.25, 0.3) is 10.1 Å². The van der Waals surface area contributed by atoms with E-state index in [1.165, 1.54) is 32.3 Å². The molecule has 2 heterocycles. The molecule has 0 N–H and O–H groups in total. The number of carbonyl (C=O) groups excluding carboxylic acids is 1. The van der Waals surface area contributed by atoms with Gasteiger partial charge < -0.3 is 9.80 Å². The highest BCUT2D eigenvalue weighted by molar-refractivity contribution is 9.10. The molecular formula is C24H27BrN2OS. The number of fused-ring (bicyclic) bond motifs is 2. The van der Waals surface area contributed by atoms with Crippen molar-refractivity contribution >= 4 is 43.3 Å². The normalized spacial score (nSPS) is 13.7. The van der Waals surface area contributed by atoms with Crippen LogP contribution in [0.2, 0.25) is 0 Å². The Morgan fingerprint density at radius 2 is 1.93 bits per heavy atom. The summed E-state index contributed by atoms with van der Waals surface area (Å²) < 4.78 is 2.49. The quantitative estimate of drug-likeness (QED) is 0.435. The molecule has 1 amide bonds. The fraction of sp³-hybridized carbons (Fsp3) is 0.375. The molecule has 3 nitrogen and oxygen atoms in total. The molecule has 2 aromatic carbocycles. The second kappa shape index (κ2) is 8.58. The predicted octanol–water partition coefficient (Wildman–Crippen LogP) is 5.80. The van der Waals surface area contributed by atoms with Crippen LogP contribution in [-0.4, -0.2) is 42.4 Å². The van der Waals surface area contributed by atoms with Gasteiger partial charge in [-0.15, -0.1) is 11.3 Å². The van der Waals surface area contributed by atoms with Crippen LogP contribution in [0, 0.1) is 13.8 Å². The van der Waals surface area contributed by atoms with Crippen molar-refractivity contribution in [2.75, 3.05) is 26.7 Å². The molecule has 1 aromatic heterocycles. The van der Waals surface area contributed by atoms with E-state index in [1.807, 2.05) is 16.2 Å². The molecule has 0 saturated heterocycles. The van der Waals surface area contributed by atoms with Gasteiger partial charge >= 0.3 is 0 Å². The molecule has 1 aliphatic rings. The van der Waals surface area contributed by atoms with Gasteiger partial charge in [0.1, 0.15) is 0 Å². The molecule has 0 saturated carbocycles. The topological polar surface area (TPSA) is 23.6 Å². The summed E-state index contributed by atoms with van der Waals surface area (Å²) in [5.74, 6) is 0.195. The second-order valence-electron chi connectivity index (χ2n) is 8.13. The third kappa shape index (κ3) is 4.42. The molecular weight excluding hydrogens is 444 g/mol. The van der Waals surface area contributed by atoms with E-state index in [0.29, 0.717) is 0 Å². The molecule has 0 unspecified atom stereocenters. The molecule has 5 heteroatoms. The van der Waals surface area contributed by atoms with Crippen molar-refractivity contribution in [1.29, 1.82) is 0 Å². The van der Waals surface area contributed by atoms with Crippen molar-refractivity contribution < 1.29 is 4.79 Å². The first-order valence-electron chi connectivity index (χ1n) is 10.2. The minimum atomic E-state index is 0.195. The zero-order valence-electron chi connectivity index (χ0n) is 17.3. The standard InChI is InChI=1S/C24H27BrN2OS/c1-16-11-19-14-27(24(28)22(19)12-17(16)2)9-4-8-26(3)10-7-18-15-29-23-6-5-20(25)13-21(18)23/h5-6,11-13,15H,4,7-10,14H2,1-3H3. The number of rotatable bonds is 7. The van der Waals surface area contributed by atoms with Crippen molar-refractivity contribution in [1.82, 2.24) is 9.80 Å². The van der Waals surface area contributed by atoms with Gasteiger partial charge in [0.25, 0.3) is 5.91 Å². The van der Waals surface area contributed by atoms with E-state index >= 15 is 0 Å². The van der Waals surface area contributed by atoms with Crippen molar-refractivity contribution in [2.24, 2.45) is 0 Å². The van der Waals surface area contributed by atoms with Gasteiger partial charge in [0.15, 0.2) is 0 Å². The SMILES string of the molecule is Cc1cc2c(cc1C)C(=O)N(CCCN(C)CCc1csc3ccc(Br)cc13)C2. The van der Waals surface area contributed by atoms with Crippen LogP contribution in [0.1, 0.15) is 39.0 Å². The van der Waals surface area contributed by atoms with Crippen LogP contribution >= 0.6 is 27.3 Å². The summed E-state index contributed by atoms with van der Waals surface area (Å²) in [7, 11) is 2.18. The van der Waals surface area contributed by atoms with E-state index in [1.54, 1.807) is 0 Å². The number of hydrogen-bond acceptors (Lipinski definition) is 3. The predicted molar refractivity (Wildman–Crippen MR) is 126 cm³/mol. The average Bonchev–Trinajstić information content (AvgIpc) is 3.22. The minimum absolute atomic E-state index is 0.195. The van der Waals surface area contributed by atoms with E-state index in [4.69, 9.17) is 0 Å². The maximum atomic E-state index is 12.7. The van der Waals surface area contributed by atoms with Gasteiger partial charge in [-0.05, 0) is 97.6 Å². The van der Waals surface area contributed by atoms with Crippen LogP contribution in [0.5, 0.6) is 0 Å². The summed E-state index contributed by atoms with van der Waals surface area (Å²) in [5.41, 5.74) is 5.98. The van der Waals surface area contributed by atoms with E-state index in [-0.39, 0.29) is 5.91 Å². The highest BCUT2D eigenvalue weighted by Gasteiger charge is 2.27. The van der Waals surface area contributed by atoms with Crippen LogP contribution in [0.3, 0.4) is 0 Å². The Labute approximate surface area is 185 Å². The largest absolute Gasteiger partial charge is 0.334 e. The Morgan fingerprint density at radius 3 is 2.76 bits per heavy atom. The lowest BCUT2D eigenvalue weighted by Gasteiger charge is -2.20. The highest BCUT2D eigenvalue weighted by Crippen LogP contribution is 2.29. The third-order valence-electron chi connectivity index (χ3n) is 5.94. The van der Waals surface area contributed by atoms with Crippen LogP contribution in [-0.2, 0) is 13.0 Å². The number of nitrogens with zero attached hydrogens (tertiary/aromatic N) is 2. The lowest BCUT2D eigenvalue weighted by Crippen LogP contribution is -2.29. The molecule has 0 radical (unpaired) electrons. The first kappa shape index (κ1) is 20.6. The molecule has 3 aromatic rings. The summed E-state index contributed by atoms with van der Waals surface area (Å²) in [6, 6.07) is 10.8. The molecule has 29 heavy (non-hydrogen) atoms. The molecule has 0 bridgehead atoms. The summed E-state index contributed by atoms with van der Waals surface area (Å²) in [4.78, 5) is 17.1. The van der Waals surface area contributed by atoms with Crippen molar-refractivity contribution in [3.05, 3.63) is 68.0 Å². The number of thiophene rings is 1. The Hall–Kier alpha value is -1.69. The van der Waals surface area contributed by atoms with Gasteiger partial charge in [0, 0.05) is 34.4 Å². The molecule has 0 atom stereocenters. The van der Waals surface area contributed by atoms with E-state index < -0.39 is 0 Å². The first-order chi connectivity index (χ1) is 13.9. The number of aryl methyl sites for hydroxylation is 2. The Balaban J connectivity index is 1.27. The Kier molecular flexibility index (Phi) is 6.09. The summed E-state index contributed by atoms with van der Waals surface area (Å²) >= 11 is 5.40. The number of carbonyl (C=O) groups is 1. The summed E-state index contributed by atoms with van der Waals surface area (Å²) in [5, 5.41) is 3.65. The smallest absolute Gasteiger partial charge is 0.254 e. The van der Waals surface area contributed by atoms with Gasteiger partial charge in [-0.2, -0.15) is 0 Å². The number of likely N-dealkylation sites (N-methyl/N-ethyl adjacent to an activating group) is 1. The van der Waals surface area contributed by atoms with E-state index in [2.05, 4.69) is 77.4 Å². The lowest BCUT2D eigenvalue weighted by atomic mass is 10.0. The van der Waals surface area contributed by atoms with Crippen LogP contribution in [0.15, 0.2) is 40.2 Å². The van der Waals surface area contributed by atoms with E-state index in [0.717, 1.165) is 49.1 Å². The Bertz CT molecular complexity index is 1060. The number of amides is 1. The van der Waals surface area contributed by atoms with Crippen LogP contribution < -0.4 is 0 Å². The maximum absolute atomic E-state index is 12.7. The number of benzene rings is 2. The van der Waals surface area contributed by atoms with Gasteiger partial charge in [0.2, 0.25) is 0 Å². The van der Waals surface area contributed by atoms with Crippen molar-refractivity contribution in [2.45, 2.75) is 33.2 Å². The average molecular weight is 471 g/mol. The molecule has 0 spiro atoms. The van der Waals surface area contributed by atoms with Gasteiger partial charge in [-0.3, -0.25) is 4.79 Å². The van der Waals surface area contributed by atoms with E-state index in [9.17, 15) is 4.79 Å². The molecule has 152 valence electrons. The minimum Gasteiger partial charge on any atom is -0.334 e. The fourth-order valence-corrected chi connectivity index (χ4v) is 5.38. The molecule has 4 rings (SSSR count). The van der Waals surface area contributed by atoms with Crippen molar-refractivity contribution in [3.63, 3.8) is 0 Å². The number of hydrogen-bond donors (Lipinski definition) is 0. The zero-order valence-corrected chi connectivity index (χ0v) is 19.7. The van der Waals surface area contributed by atoms with Gasteiger partial charge in [-0.1, -0.05) is 22.0 Å². The number of halogens is 1. The highest BCUT2D eigenvalue weighted by atomic mass is 79.9. The lowest BCUT2D eigenvalue weighted by molar-refractivity contribution is 0.0772. The molecule has 0 fully saturated rings. The van der Waals surface area contributed by atoms with Gasteiger partial charge in [0.05, 0.1) is 0 Å². The maximum Gasteiger partial charge on any atom is 0.254 e. The Morgan fingerprint density at radius 1 is 1.14 bits per heavy atom. The van der Waals surface area contributed by atoms with Crippen LogP contribution in [0.4, 0.5) is 0 Å². The monoisotopic (exact) mass is 470 g/mol. The first-order valence-corrected chi connectivity index (χ1v) is 11.8. The summed E-state index contributed by atoms with van der Waals surface area (Å²) in [6.45, 7) is 7.82.